The van der Waals surface area contributed by atoms with Crippen LogP contribution in [0.15, 0.2) is 24.3 Å². The summed E-state index contributed by atoms with van der Waals surface area (Å²) in [5.41, 5.74) is 5.25. The molecule has 3 N–H and O–H groups in total. The summed E-state index contributed by atoms with van der Waals surface area (Å²) in [5.74, 6) is -0.00138. The number of benzene rings is 1. The third-order valence-electron chi connectivity index (χ3n) is 3.93. The second-order valence-corrected chi connectivity index (χ2v) is 6.08. The molecule has 1 unspecified atom stereocenters. The van der Waals surface area contributed by atoms with Crippen LogP contribution in [0.2, 0.25) is 0 Å². The van der Waals surface area contributed by atoms with Crippen molar-refractivity contribution in [2.45, 2.75) is 31.5 Å². The van der Waals surface area contributed by atoms with E-state index in [1.165, 1.54) is 18.2 Å². The van der Waals surface area contributed by atoms with Gasteiger partial charge in [0.2, 0.25) is 0 Å². The van der Waals surface area contributed by atoms with Crippen molar-refractivity contribution in [1.29, 1.82) is 0 Å². The van der Waals surface area contributed by atoms with Gasteiger partial charge in [-0.25, -0.2) is 0 Å². The molecule has 0 aromatic heterocycles. The van der Waals surface area contributed by atoms with Gasteiger partial charge in [-0.05, 0) is 37.8 Å². The molecule has 1 aromatic carbocycles. The number of halogens is 4. The van der Waals surface area contributed by atoms with E-state index in [1.807, 2.05) is 6.92 Å². The molecule has 0 heterocycles. The van der Waals surface area contributed by atoms with E-state index in [-0.39, 0.29) is 36.4 Å². The van der Waals surface area contributed by atoms with E-state index in [1.54, 1.807) is 6.07 Å². The van der Waals surface area contributed by atoms with Gasteiger partial charge in [0.1, 0.15) is 0 Å². The van der Waals surface area contributed by atoms with Crippen molar-refractivity contribution >= 4 is 18.3 Å². The van der Waals surface area contributed by atoms with Gasteiger partial charge in [0, 0.05) is 6.54 Å². The first-order chi connectivity index (χ1) is 11.2. The van der Waals surface area contributed by atoms with Crippen molar-refractivity contribution in [3.63, 3.8) is 0 Å². The Morgan fingerprint density at radius 3 is 2.28 bits per heavy atom. The molecule has 0 saturated heterocycles. The SMILES string of the molecule is CC(CN)(NC(=O)COc1ccccc1OCC(F)(F)F)C1CC1.Cl. The number of carbonyl (C=O) groups is 1. The Morgan fingerprint density at radius 2 is 1.80 bits per heavy atom. The predicted octanol–water partition coefficient (Wildman–Crippen LogP) is 2.67. The number of hydrogen-bond acceptors (Lipinski definition) is 4. The number of carbonyl (C=O) groups excluding carboxylic acids is 1. The van der Waals surface area contributed by atoms with Gasteiger partial charge >= 0.3 is 6.18 Å². The molecular formula is C16H22ClF3N2O3. The molecule has 5 nitrogen and oxygen atoms in total. The first-order valence-electron chi connectivity index (χ1n) is 7.66. The number of para-hydroxylation sites is 2. The van der Waals surface area contributed by atoms with Crippen LogP contribution >= 0.6 is 12.4 Å². The summed E-state index contributed by atoms with van der Waals surface area (Å²) in [7, 11) is 0. The van der Waals surface area contributed by atoms with E-state index >= 15 is 0 Å². The van der Waals surface area contributed by atoms with E-state index in [2.05, 4.69) is 5.32 Å². The van der Waals surface area contributed by atoms with Gasteiger partial charge in [-0.2, -0.15) is 13.2 Å². The van der Waals surface area contributed by atoms with Gasteiger partial charge < -0.3 is 20.5 Å². The fourth-order valence-corrected chi connectivity index (χ4v) is 2.39. The Labute approximate surface area is 150 Å². The molecule has 1 fully saturated rings. The maximum absolute atomic E-state index is 12.3. The topological polar surface area (TPSA) is 73.6 Å². The molecule has 1 atom stereocenters. The van der Waals surface area contributed by atoms with Crippen LogP contribution in [-0.4, -0.2) is 37.4 Å². The summed E-state index contributed by atoms with van der Waals surface area (Å²) < 4.78 is 46.8. The van der Waals surface area contributed by atoms with Crippen molar-refractivity contribution in [3.8, 4) is 11.5 Å². The van der Waals surface area contributed by atoms with Crippen LogP contribution in [0, 0.1) is 5.92 Å². The summed E-state index contributed by atoms with van der Waals surface area (Å²) in [4.78, 5) is 12.0. The molecule has 2 rings (SSSR count). The van der Waals surface area contributed by atoms with E-state index < -0.39 is 18.3 Å². The zero-order valence-electron chi connectivity index (χ0n) is 13.8. The summed E-state index contributed by atoms with van der Waals surface area (Å²) in [5, 5.41) is 2.84. The van der Waals surface area contributed by atoms with Gasteiger partial charge in [0.25, 0.3) is 5.91 Å². The van der Waals surface area contributed by atoms with Crippen LogP contribution < -0.4 is 20.5 Å². The summed E-state index contributed by atoms with van der Waals surface area (Å²) in [6.07, 6.45) is -2.41. The first-order valence-corrected chi connectivity index (χ1v) is 7.66. The van der Waals surface area contributed by atoms with Crippen molar-refractivity contribution < 1.29 is 27.4 Å². The van der Waals surface area contributed by atoms with Gasteiger partial charge in [0.15, 0.2) is 24.7 Å². The maximum Gasteiger partial charge on any atom is 0.422 e. The van der Waals surface area contributed by atoms with Crippen molar-refractivity contribution in [2.75, 3.05) is 19.8 Å². The van der Waals surface area contributed by atoms with E-state index in [9.17, 15) is 18.0 Å². The summed E-state index contributed by atoms with van der Waals surface area (Å²) >= 11 is 0. The fourth-order valence-electron chi connectivity index (χ4n) is 2.39. The number of nitrogens with two attached hydrogens (primary N) is 1. The van der Waals surface area contributed by atoms with Crippen LogP contribution in [0.5, 0.6) is 11.5 Å². The molecule has 0 aliphatic heterocycles. The molecule has 0 bridgehead atoms. The molecule has 1 aliphatic carbocycles. The largest absolute Gasteiger partial charge is 0.480 e. The monoisotopic (exact) mass is 382 g/mol. The molecule has 142 valence electrons. The average Bonchev–Trinajstić information content (AvgIpc) is 3.36. The van der Waals surface area contributed by atoms with Crippen LogP contribution in [0.4, 0.5) is 13.2 Å². The molecule has 0 spiro atoms. The Bertz CT molecular complexity index is 582. The smallest absolute Gasteiger partial charge is 0.422 e. The lowest BCUT2D eigenvalue weighted by molar-refractivity contribution is -0.153. The number of ether oxygens (including phenoxy) is 2. The zero-order valence-corrected chi connectivity index (χ0v) is 14.6. The second-order valence-electron chi connectivity index (χ2n) is 6.08. The van der Waals surface area contributed by atoms with Gasteiger partial charge in [-0.3, -0.25) is 4.79 Å². The summed E-state index contributed by atoms with van der Waals surface area (Å²) in [6, 6.07) is 5.91. The standard InChI is InChI=1S/C16H21F3N2O3.ClH/c1-15(9-20,11-6-7-11)21-14(22)8-23-12-4-2-3-5-13(12)24-10-16(17,18)19;/h2-5,11H,6-10,20H2,1H3,(H,21,22);1H. The first kappa shape index (κ1) is 21.4. The molecule has 1 aromatic rings. The number of alkyl halides is 3. The highest BCUT2D eigenvalue weighted by molar-refractivity contribution is 5.85. The highest BCUT2D eigenvalue weighted by Crippen LogP contribution is 2.39. The Morgan fingerprint density at radius 1 is 1.24 bits per heavy atom. The zero-order chi connectivity index (χ0) is 17.8. The maximum atomic E-state index is 12.3. The third-order valence-corrected chi connectivity index (χ3v) is 3.93. The lowest BCUT2D eigenvalue weighted by Gasteiger charge is -2.29. The van der Waals surface area contributed by atoms with Gasteiger partial charge in [-0.15, -0.1) is 12.4 Å². The molecule has 0 radical (unpaired) electrons. The number of nitrogens with one attached hydrogen (secondary N) is 1. The number of hydrogen-bond donors (Lipinski definition) is 2. The lowest BCUT2D eigenvalue weighted by atomic mass is 9.96. The Hall–Kier alpha value is -1.67. The normalized spacial score (nSPS) is 16.4. The Balaban J connectivity index is 0.00000312. The Kier molecular flexibility index (Phi) is 7.37. The molecule has 1 aliphatic rings. The van der Waals surface area contributed by atoms with E-state index in [0.29, 0.717) is 12.5 Å². The van der Waals surface area contributed by atoms with Crippen LogP contribution in [0.3, 0.4) is 0 Å². The van der Waals surface area contributed by atoms with E-state index in [0.717, 1.165) is 12.8 Å². The molecule has 9 heteroatoms. The highest BCUT2D eigenvalue weighted by atomic mass is 35.5. The number of amides is 1. The third kappa shape index (κ3) is 6.62. The quantitative estimate of drug-likeness (QED) is 0.725. The van der Waals surface area contributed by atoms with Crippen LogP contribution in [0.1, 0.15) is 19.8 Å². The van der Waals surface area contributed by atoms with Crippen LogP contribution in [-0.2, 0) is 4.79 Å². The van der Waals surface area contributed by atoms with Crippen molar-refractivity contribution in [2.24, 2.45) is 11.7 Å². The fraction of sp³-hybridized carbons (Fsp3) is 0.562. The lowest BCUT2D eigenvalue weighted by Crippen LogP contribution is -2.54. The molecule has 1 amide bonds. The average molecular weight is 383 g/mol. The van der Waals surface area contributed by atoms with Crippen molar-refractivity contribution in [3.05, 3.63) is 24.3 Å². The molecular weight excluding hydrogens is 361 g/mol. The second kappa shape index (κ2) is 8.62. The van der Waals surface area contributed by atoms with Gasteiger partial charge in [0.05, 0.1) is 5.54 Å². The minimum Gasteiger partial charge on any atom is -0.480 e. The summed E-state index contributed by atoms with van der Waals surface area (Å²) in [6.45, 7) is 0.443. The highest BCUT2D eigenvalue weighted by Gasteiger charge is 2.41. The van der Waals surface area contributed by atoms with Crippen molar-refractivity contribution in [1.82, 2.24) is 5.32 Å². The predicted molar refractivity (Wildman–Crippen MR) is 89.1 cm³/mol. The van der Waals surface area contributed by atoms with Gasteiger partial charge in [-0.1, -0.05) is 12.1 Å². The molecule has 25 heavy (non-hydrogen) atoms. The minimum absolute atomic E-state index is 0. The number of rotatable bonds is 8. The van der Waals surface area contributed by atoms with Crippen LogP contribution in [0.25, 0.3) is 0 Å². The van der Waals surface area contributed by atoms with E-state index in [4.69, 9.17) is 15.2 Å². The minimum atomic E-state index is -4.45. The molecule has 1 saturated carbocycles.